The van der Waals surface area contributed by atoms with Gasteiger partial charge >= 0.3 is 0 Å². The van der Waals surface area contributed by atoms with Crippen LogP contribution in [0.5, 0.6) is 0 Å². The highest BCUT2D eigenvalue weighted by molar-refractivity contribution is 5.85. The number of aryl methyl sites for hydroxylation is 1. The zero-order chi connectivity index (χ0) is 11.5. The fourth-order valence-corrected chi connectivity index (χ4v) is 1.19. The summed E-state index contributed by atoms with van der Waals surface area (Å²) in [6.07, 6.45) is 1.96. The molecule has 0 aliphatic heterocycles. The van der Waals surface area contributed by atoms with Crippen molar-refractivity contribution < 1.29 is 4.79 Å². The van der Waals surface area contributed by atoms with Crippen molar-refractivity contribution in [3.05, 3.63) is 24.0 Å². The molecular formula is C11H19N3O. The predicted molar refractivity (Wildman–Crippen MR) is 60.4 cm³/mol. The lowest BCUT2D eigenvalue weighted by Gasteiger charge is -2.22. The minimum Gasteiger partial charge on any atom is -0.353 e. The maximum atomic E-state index is 11.7. The van der Waals surface area contributed by atoms with E-state index < -0.39 is 5.54 Å². The van der Waals surface area contributed by atoms with Crippen molar-refractivity contribution in [2.75, 3.05) is 7.05 Å². The van der Waals surface area contributed by atoms with Crippen molar-refractivity contribution in [2.45, 2.75) is 25.9 Å². The van der Waals surface area contributed by atoms with Crippen LogP contribution >= 0.6 is 0 Å². The van der Waals surface area contributed by atoms with E-state index in [2.05, 4.69) is 10.6 Å². The van der Waals surface area contributed by atoms with Gasteiger partial charge in [-0.1, -0.05) is 0 Å². The average molecular weight is 209 g/mol. The van der Waals surface area contributed by atoms with E-state index in [1.54, 1.807) is 7.05 Å². The van der Waals surface area contributed by atoms with E-state index in [0.717, 1.165) is 5.69 Å². The van der Waals surface area contributed by atoms with E-state index in [0.29, 0.717) is 6.54 Å². The van der Waals surface area contributed by atoms with E-state index in [9.17, 15) is 4.79 Å². The number of nitrogens with one attached hydrogen (secondary N) is 2. The van der Waals surface area contributed by atoms with Gasteiger partial charge in [0.15, 0.2) is 0 Å². The largest absolute Gasteiger partial charge is 0.353 e. The first-order chi connectivity index (χ1) is 6.97. The Bertz CT molecular complexity index is 341. The third kappa shape index (κ3) is 2.83. The van der Waals surface area contributed by atoms with Crippen LogP contribution in [-0.2, 0) is 18.4 Å². The van der Waals surface area contributed by atoms with Crippen LogP contribution in [0, 0.1) is 0 Å². The van der Waals surface area contributed by atoms with Crippen LogP contribution in [0.1, 0.15) is 19.5 Å². The number of hydrogen-bond acceptors (Lipinski definition) is 2. The molecule has 0 atom stereocenters. The van der Waals surface area contributed by atoms with Crippen LogP contribution in [0.15, 0.2) is 18.3 Å². The van der Waals surface area contributed by atoms with Gasteiger partial charge in [-0.05, 0) is 33.0 Å². The molecule has 0 aliphatic carbocycles. The van der Waals surface area contributed by atoms with Gasteiger partial charge in [-0.25, -0.2) is 0 Å². The Hall–Kier alpha value is -1.29. The van der Waals surface area contributed by atoms with Crippen molar-refractivity contribution in [3.8, 4) is 0 Å². The van der Waals surface area contributed by atoms with Crippen LogP contribution < -0.4 is 10.6 Å². The number of amides is 1. The molecule has 0 spiro atoms. The first-order valence-electron chi connectivity index (χ1n) is 5.05. The van der Waals surface area contributed by atoms with Crippen molar-refractivity contribution in [1.82, 2.24) is 15.2 Å². The molecule has 1 rings (SSSR count). The first kappa shape index (κ1) is 11.8. The molecule has 0 unspecified atom stereocenters. The molecule has 0 fully saturated rings. The fraction of sp³-hybridized carbons (Fsp3) is 0.545. The summed E-state index contributed by atoms with van der Waals surface area (Å²) in [4.78, 5) is 11.7. The summed E-state index contributed by atoms with van der Waals surface area (Å²) in [7, 11) is 3.74. The summed E-state index contributed by atoms with van der Waals surface area (Å²) in [5, 5.41) is 5.86. The summed E-state index contributed by atoms with van der Waals surface area (Å²) in [6.45, 7) is 4.27. The van der Waals surface area contributed by atoms with E-state index in [4.69, 9.17) is 0 Å². The molecule has 0 aromatic carbocycles. The number of nitrogens with zero attached hydrogens (tertiary/aromatic N) is 1. The molecule has 0 saturated carbocycles. The van der Waals surface area contributed by atoms with Crippen LogP contribution in [0.4, 0.5) is 0 Å². The second-order valence-electron chi connectivity index (χ2n) is 4.17. The molecular weight excluding hydrogens is 190 g/mol. The minimum atomic E-state index is -0.523. The highest BCUT2D eigenvalue weighted by Crippen LogP contribution is 2.03. The number of aromatic nitrogens is 1. The number of carbonyl (C=O) groups is 1. The van der Waals surface area contributed by atoms with Crippen molar-refractivity contribution in [1.29, 1.82) is 0 Å². The van der Waals surface area contributed by atoms with Gasteiger partial charge in [0.1, 0.15) is 0 Å². The smallest absolute Gasteiger partial charge is 0.240 e. The lowest BCUT2D eigenvalue weighted by Crippen LogP contribution is -2.50. The predicted octanol–water partition coefficient (Wildman–Crippen LogP) is 0.639. The number of carbonyl (C=O) groups excluding carboxylic acids is 1. The van der Waals surface area contributed by atoms with E-state index in [-0.39, 0.29) is 5.91 Å². The van der Waals surface area contributed by atoms with Gasteiger partial charge in [-0.2, -0.15) is 0 Å². The Morgan fingerprint density at radius 3 is 2.67 bits per heavy atom. The topological polar surface area (TPSA) is 46.1 Å². The van der Waals surface area contributed by atoms with Crippen molar-refractivity contribution >= 4 is 5.91 Å². The molecule has 1 aromatic rings. The Morgan fingerprint density at radius 2 is 2.20 bits per heavy atom. The summed E-state index contributed by atoms with van der Waals surface area (Å²) in [6, 6.07) is 3.96. The van der Waals surface area contributed by atoms with Crippen LogP contribution in [0.25, 0.3) is 0 Å². The van der Waals surface area contributed by atoms with Crippen LogP contribution in [0.3, 0.4) is 0 Å². The summed E-state index contributed by atoms with van der Waals surface area (Å²) < 4.78 is 1.99. The fourth-order valence-electron chi connectivity index (χ4n) is 1.19. The first-order valence-corrected chi connectivity index (χ1v) is 5.05. The molecule has 15 heavy (non-hydrogen) atoms. The molecule has 84 valence electrons. The molecule has 1 amide bonds. The molecule has 0 saturated heterocycles. The molecule has 1 aromatic heterocycles. The number of rotatable bonds is 4. The minimum absolute atomic E-state index is 0.00574. The molecule has 4 nitrogen and oxygen atoms in total. The zero-order valence-electron chi connectivity index (χ0n) is 9.79. The van der Waals surface area contributed by atoms with Gasteiger partial charge in [-0.3, -0.25) is 4.79 Å². The quantitative estimate of drug-likeness (QED) is 0.764. The van der Waals surface area contributed by atoms with E-state index in [1.165, 1.54) is 0 Å². The SMILES string of the molecule is CNC(C)(C)C(=O)NCc1cccn1C. The molecule has 0 bridgehead atoms. The second-order valence-corrected chi connectivity index (χ2v) is 4.17. The zero-order valence-corrected chi connectivity index (χ0v) is 9.79. The van der Waals surface area contributed by atoms with Gasteiger partial charge < -0.3 is 15.2 Å². The lowest BCUT2D eigenvalue weighted by atomic mass is 10.1. The Balaban J connectivity index is 2.52. The van der Waals surface area contributed by atoms with Gasteiger partial charge in [0.25, 0.3) is 0 Å². The molecule has 1 heterocycles. The summed E-state index contributed by atoms with van der Waals surface area (Å²) in [5.74, 6) is 0.00574. The Labute approximate surface area is 90.7 Å². The van der Waals surface area contributed by atoms with Gasteiger partial charge in [0.2, 0.25) is 5.91 Å². The number of likely N-dealkylation sites (N-methyl/N-ethyl adjacent to an activating group) is 1. The molecule has 2 N–H and O–H groups in total. The highest BCUT2D eigenvalue weighted by atomic mass is 16.2. The Kier molecular flexibility index (Phi) is 3.52. The Morgan fingerprint density at radius 1 is 1.53 bits per heavy atom. The monoisotopic (exact) mass is 209 g/mol. The van der Waals surface area contributed by atoms with Gasteiger partial charge in [-0.15, -0.1) is 0 Å². The molecule has 0 radical (unpaired) electrons. The standard InChI is InChI=1S/C11H19N3O/c1-11(2,12-3)10(15)13-8-9-6-5-7-14(9)4/h5-7,12H,8H2,1-4H3,(H,13,15). The normalized spacial score (nSPS) is 11.5. The third-order valence-electron chi connectivity index (χ3n) is 2.67. The number of hydrogen-bond donors (Lipinski definition) is 2. The lowest BCUT2D eigenvalue weighted by molar-refractivity contribution is -0.126. The van der Waals surface area contributed by atoms with Crippen LogP contribution in [-0.4, -0.2) is 23.1 Å². The summed E-state index contributed by atoms with van der Waals surface area (Å²) >= 11 is 0. The van der Waals surface area contributed by atoms with Crippen molar-refractivity contribution in [3.63, 3.8) is 0 Å². The summed E-state index contributed by atoms with van der Waals surface area (Å²) in [5.41, 5.74) is 0.570. The highest BCUT2D eigenvalue weighted by Gasteiger charge is 2.24. The average Bonchev–Trinajstić information content (AvgIpc) is 2.60. The van der Waals surface area contributed by atoms with Crippen LogP contribution in [0.2, 0.25) is 0 Å². The molecule has 4 heteroatoms. The maximum Gasteiger partial charge on any atom is 0.240 e. The molecule has 0 aliphatic rings. The maximum absolute atomic E-state index is 11.7. The van der Waals surface area contributed by atoms with Gasteiger partial charge in [0.05, 0.1) is 12.1 Å². The third-order valence-corrected chi connectivity index (χ3v) is 2.67. The second kappa shape index (κ2) is 4.49. The van der Waals surface area contributed by atoms with E-state index >= 15 is 0 Å². The van der Waals surface area contributed by atoms with Gasteiger partial charge in [0, 0.05) is 18.9 Å². The van der Waals surface area contributed by atoms with E-state index in [1.807, 2.05) is 43.8 Å². The van der Waals surface area contributed by atoms with Crippen molar-refractivity contribution in [2.24, 2.45) is 7.05 Å².